The number of hydrogen-bond acceptors (Lipinski definition) is 2. The number of H-pyrrole nitrogens is 1. The normalized spacial score (nSPS) is 27.9. The maximum Gasteiger partial charge on any atom is 0.188 e. The van der Waals surface area contributed by atoms with E-state index in [2.05, 4.69) is 60.9 Å². The molecule has 0 saturated carbocycles. The lowest BCUT2D eigenvalue weighted by atomic mass is 9.71. The minimum absolute atomic E-state index is 0.0564. The van der Waals surface area contributed by atoms with Gasteiger partial charge < -0.3 is 9.88 Å². The van der Waals surface area contributed by atoms with E-state index in [1.807, 2.05) is 0 Å². The number of carbonyl (C=O) groups is 1. The monoisotopic (exact) mass is 342 g/mol. The Morgan fingerprint density at radius 3 is 3.04 bits per heavy atom. The average Bonchev–Trinajstić information content (AvgIpc) is 2.98. The summed E-state index contributed by atoms with van der Waals surface area (Å²) in [5.41, 5.74) is 4.23. The summed E-state index contributed by atoms with van der Waals surface area (Å²) in [6.07, 6.45) is 6.39. The molecule has 1 aromatic heterocycles. The number of hydrogen-bond donors (Lipinski definition) is 2. The Hall–Kier alpha value is -1.26. The lowest BCUT2D eigenvalue weighted by molar-refractivity contribution is -0.115. The Morgan fingerprint density at radius 1 is 1.46 bits per heavy atom. The molecule has 2 aromatic rings. The average molecular weight is 343 g/mol. The summed E-state index contributed by atoms with van der Waals surface area (Å²) in [5.74, 6) is 1.26. The van der Waals surface area contributed by atoms with Crippen LogP contribution in [0, 0.1) is 11.8 Å². The van der Waals surface area contributed by atoms with Crippen LogP contribution in [0.5, 0.6) is 0 Å². The van der Waals surface area contributed by atoms with Gasteiger partial charge in [0.05, 0.1) is 0 Å². The number of nitrogens with zero attached hydrogens (tertiary/aromatic N) is 1. The predicted molar refractivity (Wildman–Crippen MR) is 102 cm³/mol. The fourth-order valence-corrected chi connectivity index (χ4v) is 5.36. The first-order valence-corrected chi connectivity index (χ1v) is 9.55. The number of aromatic nitrogens is 1. The molecule has 0 radical (unpaired) electrons. The molecule has 24 heavy (non-hydrogen) atoms. The van der Waals surface area contributed by atoms with Crippen molar-refractivity contribution in [2.45, 2.75) is 44.6 Å². The molecule has 1 fully saturated rings. The molecule has 0 bridgehead atoms. The van der Waals surface area contributed by atoms with Gasteiger partial charge in [-0.05, 0) is 55.8 Å². The molecular weight excluding hydrogens is 316 g/mol. The Kier molecular flexibility index (Phi) is 4.21. The molecule has 1 N–H and O–H groups in total. The fourth-order valence-electron chi connectivity index (χ4n) is 5.07. The summed E-state index contributed by atoms with van der Waals surface area (Å²) in [5, 5.41) is 1.51. The standard InChI is InChI=1S/C20H26N2OS/c1-3-13(20(23)24)7-12-8-16-15-5-4-6-17-19(15)14(10-21-17)9-18(16)22(2)11-12/h4-6,10,12-13,16,18,21H,3,7-9,11H2,1-2H3,(H,23,24)/t12?,13?,16-,18-/m1/s1. The minimum Gasteiger partial charge on any atom is -0.361 e. The van der Waals surface area contributed by atoms with Crippen molar-refractivity contribution in [3.8, 4) is 0 Å². The second-order valence-corrected chi connectivity index (χ2v) is 8.12. The van der Waals surface area contributed by atoms with Crippen LogP contribution in [0.15, 0.2) is 24.4 Å². The molecule has 4 rings (SSSR count). The van der Waals surface area contributed by atoms with Crippen molar-refractivity contribution >= 4 is 28.6 Å². The Morgan fingerprint density at radius 2 is 2.29 bits per heavy atom. The lowest BCUT2D eigenvalue weighted by Gasteiger charge is -2.46. The van der Waals surface area contributed by atoms with Gasteiger partial charge in [-0.25, -0.2) is 0 Å². The number of likely N-dealkylation sites (N-methyl/N-ethyl adjacent to an activating group) is 1. The molecule has 3 nitrogen and oxygen atoms in total. The Bertz CT molecular complexity index is 768. The van der Waals surface area contributed by atoms with Crippen molar-refractivity contribution in [1.82, 2.24) is 9.88 Å². The smallest absolute Gasteiger partial charge is 0.188 e. The third kappa shape index (κ3) is 2.60. The number of thiol groups is 1. The van der Waals surface area contributed by atoms with Crippen molar-refractivity contribution in [2.75, 3.05) is 13.6 Å². The topological polar surface area (TPSA) is 36.1 Å². The van der Waals surface area contributed by atoms with Crippen LogP contribution < -0.4 is 0 Å². The number of likely N-dealkylation sites (tertiary alicyclic amines) is 1. The largest absolute Gasteiger partial charge is 0.361 e. The van der Waals surface area contributed by atoms with Crippen LogP contribution in [-0.4, -0.2) is 34.6 Å². The van der Waals surface area contributed by atoms with Gasteiger partial charge >= 0.3 is 0 Å². The summed E-state index contributed by atoms with van der Waals surface area (Å²) in [6.45, 7) is 3.19. The summed E-state index contributed by atoms with van der Waals surface area (Å²) in [4.78, 5) is 17.7. The molecule has 0 amide bonds. The summed E-state index contributed by atoms with van der Waals surface area (Å²) in [7, 11) is 2.26. The quantitative estimate of drug-likeness (QED) is 0.824. The first-order valence-electron chi connectivity index (χ1n) is 9.10. The van der Waals surface area contributed by atoms with Gasteiger partial charge in [0.25, 0.3) is 0 Å². The van der Waals surface area contributed by atoms with Gasteiger partial charge in [-0.3, -0.25) is 4.79 Å². The van der Waals surface area contributed by atoms with E-state index in [0.717, 1.165) is 25.8 Å². The van der Waals surface area contributed by atoms with Gasteiger partial charge in [-0.15, -0.1) is 12.6 Å². The van der Waals surface area contributed by atoms with Gasteiger partial charge in [-0.2, -0.15) is 0 Å². The van der Waals surface area contributed by atoms with E-state index in [1.165, 1.54) is 28.5 Å². The number of fused-ring (bicyclic) bond motifs is 2. The number of benzene rings is 1. The molecular formula is C20H26N2OS. The second-order valence-electron chi connectivity index (χ2n) is 7.68. The maximum atomic E-state index is 11.7. The van der Waals surface area contributed by atoms with E-state index in [-0.39, 0.29) is 11.0 Å². The first-order chi connectivity index (χ1) is 11.6. The molecule has 2 heterocycles. The van der Waals surface area contributed by atoms with Gasteiger partial charge in [-0.1, -0.05) is 19.1 Å². The first kappa shape index (κ1) is 16.2. The number of piperidine rings is 1. The third-order valence-electron chi connectivity index (χ3n) is 6.27. The summed E-state index contributed by atoms with van der Waals surface area (Å²) < 4.78 is 0. The number of carbonyl (C=O) groups excluding carboxylic acids is 1. The van der Waals surface area contributed by atoms with E-state index in [4.69, 9.17) is 0 Å². The molecule has 4 heteroatoms. The highest BCUT2D eigenvalue weighted by atomic mass is 32.1. The van der Waals surface area contributed by atoms with Crippen molar-refractivity contribution in [2.24, 2.45) is 11.8 Å². The highest BCUT2D eigenvalue weighted by molar-refractivity contribution is 7.96. The van der Waals surface area contributed by atoms with Gasteiger partial charge in [0.15, 0.2) is 5.12 Å². The van der Waals surface area contributed by atoms with Crippen LogP contribution in [0.2, 0.25) is 0 Å². The van der Waals surface area contributed by atoms with Crippen LogP contribution in [0.1, 0.15) is 43.2 Å². The third-order valence-corrected chi connectivity index (χ3v) is 6.64. The molecule has 1 aliphatic carbocycles. The molecule has 1 aromatic carbocycles. The van der Waals surface area contributed by atoms with Gasteiger partial charge in [0.2, 0.25) is 0 Å². The molecule has 0 spiro atoms. The van der Waals surface area contributed by atoms with Crippen LogP contribution >= 0.6 is 12.6 Å². The molecule has 1 saturated heterocycles. The van der Waals surface area contributed by atoms with Crippen LogP contribution in [0.25, 0.3) is 10.9 Å². The summed E-state index contributed by atoms with van der Waals surface area (Å²) in [6, 6.07) is 7.25. The molecule has 1 aliphatic heterocycles. The highest BCUT2D eigenvalue weighted by Gasteiger charge is 2.39. The Labute approximate surface area is 149 Å². The van der Waals surface area contributed by atoms with Crippen LogP contribution in [0.4, 0.5) is 0 Å². The van der Waals surface area contributed by atoms with E-state index in [0.29, 0.717) is 17.9 Å². The van der Waals surface area contributed by atoms with Crippen LogP contribution in [-0.2, 0) is 11.2 Å². The molecule has 2 aliphatic rings. The molecule has 128 valence electrons. The van der Waals surface area contributed by atoms with E-state index in [1.54, 1.807) is 0 Å². The molecule has 4 atom stereocenters. The van der Waals surface area contributed by atoms with Crippen molar-refractivity contribution < 1.29 is 4.79 Å². The van der Waals surface area contributed by atoms with Gasteiger partial charge in [0.1, 0.15) is 0 Å². The Balaban J connectivity index is 1.65. The zero-order valence-corrected chi connectivity index (χ0v) is 15.4. The molecule has 2 unspecified atom stereocenters. The van der Waals surface area contributed by atoms with E-state index < -0.39 is 0 Å². The number of aromatic amines is 1. The van der Waals surface area contributed by atoms with E-state index in [9.17, 15) is 4.79 Å². The highest BCUT2D eigenvalue weighted by Crippen LogP contribution is 2.45. The maximum absolute atomic E-state index is 11.7. The predicted octanol–water partition coefficient (Wildman–Crippen LogP) is 4.00. The van der Waals surface area contributed by atoms with Gasteiger partial charge in [0, 0.05) is 41.5 Å². The van der Waals surface area contributed by atoms with E-state index >= 15 is 0 Å². The fraction of sp³-hybridized carbons (Fsp3) is 0.550. The lowest BCUT2D eigenvalue weighted by Crippen LogP contribution is -2.48. The van der Waals surface area contributed by atoms with Crippen molar-refractivity contribution in [3.05, 3.63) is 35.5 Å². The van der Waals surface area contributed by atoms with Crippen LogP contribution in [0.3, 0.4) is 0 Å². The van der Waals surface area contributed by atoms with Crippen molar-refractivity contribution in [3.63, 3.8) is 0 Å². The summed E-state index contributed by atoms with van der Waals surface area (Å²) >= 11 is 4.10. The number of rotatable bonds is 4. The van der Waals surface area contributed by atoms with Crippen molar-refractivity contribution in [1.29, 1.82) is 0 Å². The number of nitrogens with one attached hydrogen (secondary N) is 1. The second kappa shape index (κ2) is 6.23. The SMILES string of the molecule is CCC(CC1C[C@@H]2c3cccc4[nH]cc(c34)C[C@H]2N(C)C1)C(=O)S. The zero-order valence-electron chi connectivity index (χ0n) is 14.5. The zero-order chi connectivity index (χ0) is 16.8. The minimum atomic E-state index is 0.0564.